The zero-order valence-corrected chi connectivity index (χ0v) is 15.9. The molecule has 1 fully saturated rings. The number of piperidine rings is 1. The lowest BCUT2D eigenvalue weighted by Gasteiger charge is -2.31. The number of hydrogen-bond acceptors (Lipinski definition) is 5. The molecule has 0 aliphatic carbocycles. The van der Waals surface area contributed by atoms with Gasteiger partial charge >= 0.3 is 6.09 Å². The van der Waals surface area contributed by atoms with Gasteiger partial charge in [0.15, 0.2) is 5.69 Å². The third kappa shape index (κ3) is 4.64. The molecule has 1 aromatic carbocycles. The number of likely N-dealkylation sites (tertiary alicyclic amines) is 1. The van der Waals surface area contributed by atoms with Crippen molar-refractivity contribution in [2.45, 2.75) is 39.7 Å². The number of amides is 2. The molecule has 0 spiro atoms. The maximum atomic E-state index is 12.5. The van der Waals surface area contributed by atoms with Crippen molar-refractivity contribution in [1.82, 2.24) is 25.2 Å². The first-order chi connectivity index (χ1) is 13.0. The van der Waals surface area contributed by atoms with Gasteiger partial charge in [0.25, 0.3) is 5.91 Å². The number of carbonyl (C=O) groups is 2. The van der Waals surface area contributed by atoms with E-state index in [9.17, 15) is 9.59 Å². The molecule has 27 heavy (non-hydrogen) atoms. The number of benzene rings is 1. The van der Waals surface area contributed by atoms with E-state index in [1.54, 1.807) is 22.7 Å². The molecule has 144 valence electrons. The van der Waals surface area contributed by atoms with E-state index in [1.165, 1.54) is 0 Å². The second-order valence-electron chi connectivity index (χ2n) is 6.83. The van der Waals surface area contributed by atoms with Gasteiger partial charge in [0, 0.05) is 19.1 Å². The summed E-state index contributed by atoms with van der Waals surface area (Å²) in [5, 5.41) is 11.1. The van der Waals surface area contributed by atoms with Crippen LogP contribution in [0.2, 0.25) is 0 Å². The van der Waals surface area contributed by atoms with Crippen molar-refractivity contribution in [3.05, 3.63) is 41.2 Å². The minimum absolute atomic E-state index is 0.00883. The van der Waals surface area contributed by atoms with Gasteiger partial charge in [0.2, 0.25) is 0 Å². The van der Waals surface area contributed by atoms with Gasteiger partial charge in [0.1, 0.15) is 0 Å². The summed E-state index contributed by atoms with van der Waals surface area (Å²) in [4.78, 5) is 25.9. The fourth-order valence-corrected chi connectivity index (χ4v) is 3.26. The highest BCUT2D eigenvalue weighted by Gasteiger charge is 2.25. The van der Waals surface area contributed by atoms with Crippen molar-refractivity contribution >= 4 is 12.0 Å². The van der Waals surface area contributed by atoms with Gasteiger partial charge < -0.3 is 15.0 Å². The highest BCUT2D eigenvalue weighted by atomic mass is 16.6. The number of rotatable bonds is 4. The van der Waals surface area contributed by atoms with E-state index >= 15 is 0 Å². The number of aromatic nitrogens is 3. The van der Waals surface area contributed by atoms with Crippen LogP contribution in [0.15, 0.2) is 24.4 Å². The van der Waals surface area contributed by atoms with Crippen LogP contribution in [0, 0.1) is 13.8 Å². The summed E-state index contributed by atoms with van der Waals surface area (Å²) in [6, 6.07) is 6.08. The molecule has 8 heteroatoms. The van der Waals surface area contributed by atoms with Crippen LogP contribution < -0.4 is 5.32 Å². The van der Waals surface area contributed by atoms with E-state index in [0.29, 0.717) is 32.5 Å². The third-order valence-corrected chi connectivity index (χ3v) is 4.55. The maximum Gasteiger partial charge on any atom is 0.409 e. The van der Waals surface area contributed by atoms with E-state index in [0.717, 1.165) is 16.8 Å². The Morgan fingerprint density at radius 3 is 2.48 bits per heavy atom. The molecule has 8 nitrogen and oxygen atoms in total. The van der Waals surface area contributed by atoms with E-state index in [2.05, 4.69) is 21.7 Å². The number of ether oxygens (including phenoxy) is 1. The molecule has 0 bridgehead atoms. The zero-order valence-electron chi connectivity index (χ0n) is 15.9. The molecular weight excluding hydrogens is 346 g/mol. The summed E-state index contributed by atoms with van der Waals surface area (Å²) in [6.45, 7) is 7.33. The molecule has 3 rings (SSSR count). The van der Waals surface area contributed by atoms with Crippen LogP contribution in [-0.2, 0) is 4.74 Å². The monoisotopic (exact) mass is 371 g/mol. The van der Waals surface area contributed by atoms with Crippen molar-refractivity contribution < 1.29 is 14.3 Å². The smallest absolute Gasteiger partial charge is 0.409 e. The van der Waals surface area contributed by atoms with Gasteiger partial charge in [-0.1, -0.05) is 11.3 Å². The van der Waals surface area contributed by atoms with Crippen molar-refractivity contribution in [3.8, 4) is 5.69 Å². The third-order valence-electron chi connectivity index (χ3n) is 4.55. The summed E-state index contributed by atoms with van der Waals surface area (Å²) in [6.07, 6.45) is 2.72. The van der Waals surface area contributed by atoms with Crippen LogP contribution in [0.25, 0.3) is 5.69 Å². The Balaban J connectivity index is 1.58. The molecule has 1 aromatic heterocycles. The van der Waals surface area contributed by atoms with E-state index in [4.69, 9.17) is 4.74 Å². The number of nitrogens with one attached hydrogen (secondary N) is 1. The highest BCUT2D eigenvalue weighted by molar-refractivity contribution is 5.92. The van der Waals surface area contributed by atoms with Gasteiger partial charge in [-0.05, 0) is 56.9 Å². The number of nitrogens with zero attached hydrogens (tertiary/aromatic N) is 4. The average Bonchev–Trinajstić information content (AvgIpc) is 3.12. The maximum absolute atomic E-state index is 12.5. The fourth-order valence-electron chi connectivity index (χ4n) is 3.26. The summed E-state index contributed by atoms with van der Waals surface area (Å²) in [7, 11) is 0. The van der Waals surface area contributed by atoms with Crippen LogP contribution in [-0.4, -0.2) is 57.6 Å². The molecule has 2 amide bonds. The minimum atomic E-state index is -0.293. The first kappa shape index (κ1) is 18.9. The summed E-state index contributed by atoms with van der Waals surface area (Å²) in [5.74, 6) is -0.250. The molecule has 0 unspecified atom stereocenters. The predicted molar refractivity (Wildman–Crippen MR) is 99.9 cm³/mol. The summed E-state index contributed by atoms with van der Waals surface area (Å²) < 4.78 is 6.62. The Kier molecular flexibility index (Phi) is 5.73. The van der Waals surface area contributed by atoms with E-state index in [-0.39, 0.29) is 23.7 Å². The second-order valence-corrected chi connectivity index (χ2v) is 6.83. The van der Waals surface area contributed by atoms with Gasteiger partial charge in [-0.25, -0.2) is 9.48 Å². The zero-order chi connectivity index (χ0) is 19.4. The van der Waals surface area contributed by atoms with Gasteiger partial charge in [-0.2, -0.15) is 0 Å². The molecule has 1 aliphatic heterocycles. The number of aryl methyl sites for hydroxylation is 2. The fraction of sp³-hybridized carbons (Fsp3) is 0.474. The van der Waals surface area contributed by atoms with Crippen molar-refractivity contribution in [2.24, 2.45) is 0 Å². The molecule has 2 aromatic rings. The van der Waals surface area contributed by atoms with Crippen LogP contribution >= 0.6 is 0 Å². The molecule has 2 heterocycles. The number of carbonyl (C=O) groups excluding carboxylic acids is 2. The first-order valence-electron chi connectivity index (χ1n) is 9.20. The molecule has 1 N–H and O–H groups in total. The predicted octanol–water partition coefficient (Wildman–Crippen LogP) is 2.23. The van der Waals surface area contributed by atoms with Gasteiger partial charge in [-0.15, -0.1) is 5.10 Å². The molecule has 0 radical (unpaired) electrons. The first-order valence-corrected chi connectivity index (χ1v) is 9.20. The average molecular weight is 371 g/mol. The molecule has 1 aliphatic rings. The van der Waals surface area contributed by atoms with Gasteiger partial charge in [-0.3, -0.25) is 4.79 Å². The topological polar surface area (TPSA) is 89.4 Å². The Hall–Kier alpha value is -2.90. The van der Waals surface area contributed by atoms with Crippen molar-refractivity contribution in [2.75, 3.05) is 19.7 Å². The Morgan fingerprint density at radius 2 is 1.85 bits per heavy atom. The lowest BCUT2D eigenvalue weighted by atomic mass is 10.1. The quantitative estimate of drug-likeness (QED) is 0.890. The minimum Gasteiger partial charge on any atom is -0.450 e. The molecule has 0 atom stereocenters. The van der Waals surface area contributed by atoms with Gasteiger partial charge in [0.05, 0.1) is 18.5 Å². The lowest BCUT2D eigenvalue weighted by molar-refractivity contribution is 0.0856. The standard InChI is InChI=1S/C19H25N5O3/c1-4-27-19(26)23-7-5-15(6-8-23)20-18(25)17-12-24(22-21-17)16-10-13(2)9-14(3)11-16/h9-12,15H,4-8H2,1-3H3,(H,20,25). The van der Waals surface area contributed by atoms with Crippen LogP contribution in [0.5, 0.6) is 0 Å². The molecular formula is C19H25N5O3. The Labute approximate surface area is 158 Å². The second kappa shape index (κ2) is 8.20. The van der Waals surface area contributed by atoms with E-state index < -0.39 is 0 Å². The molecule has 1 saturated heterocycles. The van der Waals surface area contributed by atoms with Crippen molar-refractivity contribution in [3.63, 3.8) is 0 Å². The van der Waals surface area contributed by atoms with Crippen LogP contribution in [0.1, 0.15) is 41.4 Å². The van der Waals surface area contributed by atoms with Crippen LogP contribution in [0.3, 0.4) is 0 Å². The normalized spacial score (nSPS) is 14.9. The Bertz CT molecular complexity index is 804. The largest absolute Gasteiger partial charge is 0.450 e. The molecule has 0 saturated carbocycles. The highest BCUT2D eigenvalue weighted by Crippen LogP contribution is 2.14. The van der Waals surface area contributed by atoms with E-state index in [1.807, 2.05) is 26.0 Å². The summed E-state index contributed by atoms with van der Waals surface area (Å²) in [5.41, 5.74) is 3.41. The summed E-state index contributed by atoms with van der Waals surface area (Å²) >= 11 is 0. The SMILES string of the molecule is CCOC(=O)N1CCC(NC(=O)c2cn(-c3cc(C)cc(C)c3)nn2)CC1. The Morgan fingerprint density at radius 1 is 1.19 bits per heavy atom. The lowest BCUT2D eigenvalue weighted by Crippen LogP contribution is -2.46. The van der Waals surface area contributed by atoms with Crippen molar-refractivity contribution in [1.29, 1.82) is 0 Å². The van der Waals surface area contributed by atoms with Crippen LogP contribution in [0.4, 0.5) is 4.79 Å². The number of hydrogen-bond donors (Lipinski definition) is 1.